The second-order valence-electron chi connectivity index (χ2n) is 1.63. The molecule has 0 spiro atoms. The molecule has 0 radical (unpaired) electrons. The predicted octanol–water partition coefficient (Wildman–Crippen LogP) is 2.73. The maximum atomic E-state index is 5.39. The average Bonchev–Trinajstić information content (AvgIpc) is 1.63. The van der Waals surface area contributed by atoms with E-state index in [1.165, 1.54) is 0 Å². The molecule has 0 aliphatic heterocycles. The van der Waals surface area contributed by atoms with Gasteiger partial charge in [0.1, 0.15) is 5.16 Å². The lowest BCUT2D eigenvalue weighted by Gasteiger charge is -1.87. The molecule has 0 aliphatic rings. The molecule has 50 valence electrons. The van der Waals surface area contributed by atoms with E-state index in [-0.39, 0.29) is 0 Å². The van der Waals surface area contributed by atoms with Crippen LogP contribution in [-0.4, -0.2) is 5.71 Å². The Balaban J connectivity index is 4.00. The van der Waals surface area contributed by atoms with Gasteiger partial charge in [0, 0.05) is 5.71 Å². The SMILES string of the molecule is C=C(Cl)/N=C(C)\C=C/C. The topological polar surface area (TPSA) is 12.4 Å². The van der Waals surface area contributed by atoms with Crippen molar-refractivity contribution in [2.75, 3.05) is 0 Å². The third-order valence-electron chi connectivity index (χ3n) is 0.706. The summed E-state index contributed by atoms with van der Waals surface area (Å²) in [4.78, 5) is 3.87. The lowest BCUT2D eigenvalue weighted by molar-refractivity contribution is 1.50. The number of aliphatic imine (C=N–C) groups is 1. The van der Waals surface area contributed by atoms with Crippen LogP contribution in [0.2, 0.25) is 0 Å². The van der Waals surface area contributed by atoms with Gasteiger partial charge >= 0.3 is 0 Å². The third kappa shape index (κ3) is 5.31. The summed E-state index contributed by atoms with van der Waals surface area (Å²) in [5.41, 5.74) is 0.873. The summed E-state index contributed by atoms with van der Waals surface area (Å²) in [5, 5.41) is 0.325. The summed E-state index contributed by atoms with van der Waals surface area (Å²) in [6.45, 7) is 7.22. The van der Waals surface area contributed by atoms with Crippen molar-refractivity contribution in [3.05, 3.63) is 23.9 Å². The van der Waals surface area contributed by atoms with Gasteiger partial charge in [-0.05, 0) is 19.9 Å². The molecule has 0 aromatic heterocycles. The van der Waals surface area contributed by atoms with E-state index in [9.17, 15) is 0 Å². The maximum absolute atomic E-state index is 5.39. The maximum Gasteiger partial charge on any atom is 0.122 e. The van der Waals surface area contributed by atoms with Crippen LogP contribution in [0.1, 0.15) is 13.8 Å². The van der Waals surface area contributed by atoms with E-state index in [0.717, 1.165) is 5.71 Å². The molecule has 1 nitrogen and oxygen atoms in total. The molecule has 0 saturated carbocycles. The van der Waals surface area contributed by atoms with E-state index in [1.54, 1.807) is 0 Å². The molecule has 0 N–H and O–H groups in total. The Hall–Kier alpha value is -0.560. The number of halogens is 1. The van der Waals surface area contributed by atoms with Crippen molar-refractivity contribution in [1.82, 2.24) is 0 Å². The molecule has 0 bridgehead atoms. The first-order valence-corrected chi connectivity index (χ1v) is 3.07. The lowest BCUT2D eigenvalue weighted by atomic mass is 10.4. The normalized spacial score (nSPS) is 12.6. The highest BCUT2D eigenvalue weighted by molar-refractivity contribution is 6.29. The van der Waals surface area contributed by atoms with Crippen LogP contribution in [0.4, 0.5) is 0 Å². The van der Waals surface area contributed by atoms with E-state index in [4.69, 9.17) is 11.6 Å². The van der Waals surface area contributed by atoms with Crippen LogP contribution in [0.25, 0.3) is 0 Å². The minimum atomic E-state index is 0.325. The molecule has 0 heterocycles. The fraction of sp³-hybridized carbons (Fsp3) is 0.286. The molecule has 0 aromatic carbocycles. The molecule has 0 aliphatic carbocycles. The fourth-order valence-electron chi connectivity index (χ4n) is 0.470. The highest BCUT2D eigenvalue weighted by atomic mass is 35.5. The van der Waals surface area contributed by atoms with Crippen molar-refractivity contribution in [2.45, 2.75) is 13.8 Å². The number of hydrogen-bond donors (Lipinski definition) is 0. The zero-order chi connectivity index (χ0) is 7.28. The molecule has 9 heavy (non-hydrogen) atoms. The lowest BCUT2D eigenvalue weighted by Crippen LogP contribution is -1.81. The molecule has 0 fully saturated rings. The Bertz CT molecular complexity index is 156. The highest BCUT2D eigenvalue weighted by Gasteiger charge is 1.81. The molecule has 0 amide bonds. The first-order valence-electron chi connectivity index (χ1n) is 2.69. The monoisotopic (exact) mass is 143 g/mol. The Morgan fingerprint density at radius 1 is 1.67 bits per heavy atom. The molecular weight excluding hydrogens is 134 g/mol. The van der Waals surface area contributed by atoms with Gasteiger partial charge in [0.05, 0.1) is 0 Å². The smallest absolute Gasteiger partial charge is 0.122 e. The number of nitrogens with zero attached hydrogens (tertiary/aromatic N) is 1. The molecule has 0 aromatic rings. The van der Waals surface area contributed by atoms with E-state index in [0.29, 0.717) is 5.16 Å². The molecule has 0 atom stereocenters. The van der Waals surface area contributed by atoms with Gasteiger partial charge in [-0.25, -0.2) is 4.99 Å². The predicted molar refractivity (Wildman–Crippen MR) is 42.9 cm³/mol. The molecule has 2 heteroatoms. The summed E-state index contributed by atoms with van der Waals surface area (Å²) in [6, 6.07) is 0. The molecule has 0 unspecified atom stereocenters. The van der Waals surface area contributed by atoms with Gasteiger partial charge in [-0.15, -0.1) is 0 Å². The van der Waals surface area contributed by atoms with Gasteiger partial charge in [0.15, 0.2) is 0 Å². The number of rotatable bonds is 2. The minimum absolute atomic E-state index is 0.325. The number of hydrogen-bond acceptors (Lipinski definition) is 1. The van der Waals surface area contributed by atoms with E-state index in [2.05, 4.69) is 11.6 Å². The van der Waals surface area contributed by atoms with E-state index in [1.807, 2.05) is 26.0 Å². The Morgan fingerprint density at radius 3 is 2.56 bits per heavy atom. The largest absolute Gasteiger partial charge is 0.242 e. The van der Waals surface area contributed by atoms with Crippen molar-refractivity contribution in [1.29, 1.82) is 0 Å². The van der Waals surface area contributed by atoms with Crippen molar-refractivity contribution in [3.8, 4) is 0 Å². The summed E-state index contributed by atoms with van der Waals surface area (Å²) < 4.78 is 0. The van der Waals surface area contributed by atoms with Crippen molar-refractivity contribution in [3.63, 3.8) is 0 Å². The van der Waals surface area contributed by atoms with Gasteiger partial charge in [0.2, 0.25) is 0 Å². The van der Waals surface area contributed by atoms with Crippen LogP contribution >= 0.6 is 11.6 Å². The van der Waals surface area contributed by atoms with Gasteiger partial charge in [-0.2, -0.15) is 0 Å². The Morgan fingerprint density at radius 2 is 2.22 bits per heavy atom. The Kier molecular flexibility index (Phi) is 4.06. The number of allylic oxidation sites excluding steroid dienone is 2. The average molecular weight is 144 g/mol. The minimum Gasteiger partial charge on any atom is -0.242 e. The van der Waals surface area contributed by atoms with Gasteiger partial charge in [-0.1, -0.05) is 24.3 Å². The Labute approximate surface area is 60.7 Å². The zero-order valence-corrected chi connectivity index (χ0v) is 6.44. The van der Waals surface area contributed by atoms with Crippen molar-refractivity contribution in [2.24, 2.45) is 4.99 Å². The van der Waals surface area contributed by atoms with Crippen LogP contribution in [0.3, 0.4) is 0 Å². The van der Waals surface area contributed by atoms with Crippen LogP contribution in [0.5, 0.6) is 0 Å². The van der Waals surface area contributed by atoms with Crippen LogP contribution in [0.15, 0.2) is 28.9 Å². The summed E-state index contributed by atoms with van der Waals surface area (Å²) in [5.74, 6) is 0. The van der Waals surface area contributed by atoms with E-state index >= 15 is 0 Å². The van der Waals surface area contributed by atoms with Gasteiger partial charge in [-0.3, -0.25) is 0 Å². The van der Waals surface area contributed by atoms with Crippen molar-refractivity contribution < 1.29 is 0 Å². The molecular formula is C7H10ClN. The highest BCUT2D eigenvalue weighted by Crippen LogP contribution is 1.98. The zero-order valence-electron chi connectivity index (χ0n) is 5.69. The fourth-order valence-corrected chi connectivity index (χ4v) is 0.603. The molecule has 0 rings (SSSR count). The van der Waals surface area contributed by atoms with E-state index < -0.39 is 0 Å². The van der Waals surface area contributed by atoms with Gasteiger partial charge < -0.3 is 0 Å². The summed E-state index contributed by atoms with van der Waals surface area (Å²) in [6.07, 6.45) is 3.77. The van der Waals surface area contributed by atoms with Crippen LogP contribution in [-0.2, 0) is 0 Å². The first-order chi connectivity index (χ1) is 4.16. The quantitative estimate of drug-likeness (QED) is 0.417. The van der Waals surface area contributed by atoms with Gasteiger partial charge in [0.25, 0.3) is 0 Å². The second kappa shape index (κ2) is 4.33. The summed E-state index contributed by atoms with van der Waals surface area (Å²) >= 11 is 5.39. The van der Waals surface area contributed by atoms with Crippen LogP contribution < -0.4 is 0 Å². The standard InChI is InChI=1S/C7H10ClN/c1-4-5-6(2)9-7(3)8/h4-5H,3H2,1-2H3/b5-4-,9-6-. The van der Waals surface area contributed by atoms with Crippen LogP contribution in [0, 0.1) is 0 Å². The van der Waals surface area contributed by atoms with Crippen molar-refractivity contribution >= 4 is 17.3 Å². The second-order valence-corrected chi connectivity index (χ2v) is 2.07. The first kappa shape index (κ1) is 8.44. The third-order valence-corrected chi connectivity index (χ3v) is 0.790. The molecule has 0 saturated heterocycles. The summed E-state index contributed by atoms with van der Waals surface area (Å²) in [7, 11) is 0.